The van der Waals surface area contributed by atoms with E-state index in [2.05, 4.69) is 229 Å². The summed E-state index contributed by atoms with van der Waals surface area (Å²) in [6.07, 6.45) is 0. The molecule has 10 aromatic rings. The lowest BCUT2D eigenvalue weighted by Gasteiger charge is -2.33. The molecule has 11 rings (SSSR count). The number of benzene rings is 9. The number of nitrogens with zero attached hydrogens (tertiary/aromatic N) is 1. The lowest BCUT2D eigenvalue weighted by molar-refractivity contribution is 0.665. The van der Waals surface area contributed by atoms with Gasteiger partial charge in [0.1, 0.15) is 11.2 Å². The molecule has 2 nitrogen and oxygen atoms in total. The Kier molecular flexibility index (Phi) is 7.75. The highest BCUT2D eigenvalue weighted by atomic mass is 16.3. The summed E-state index contributed by atoms with van der Waals surface area (Å²) >= 11 is 0. The van der Waals surface area contributed by atoms with Crippen LogP contribution in [0, 0.1) is 0 Å². The minimum Gasteiger partial charge on any atom is -0.456 e. The van der Waals surface area contributed by atoms with Crippen LogP contribution in [0.4, 0.5) is 17.1 Å². The molecule has 0 spiro atoms. The number of furan rings is 1. The van der Waals surface area contributed by atoms with Gasteiger partial charge < -0.3 is 9.32 Å². The van der Waals surface area contributed by atoms with E-state index in [0.29, 0.717) is 0 Å². The van der Waals surface area contributed by atoms with Crippen LogP contribution in [0.2, 0.25) is 0 Å². The first-order valence-corrected chi connectivity index (χ1v) is 19.6. The van der Waals surface area contributed by atoms with Crippen molar-refractivity contribution in [3.05, 3.63) is 247 Å². The van der Waals surface area contributed by atoms with Crippen molar-refractivity contribution >= 4 is 39.0 Å². The Morgan fingerprint density at radius 1 is 0.351 bits per heavy atom. The summed E-state index contributed by atoms with van der Waals surface area (Å²) in [4.78, 5) is 2.38. The molecule has 1 aliphatic rings. The largest absolute Gasteiger partial charge is 0.456 e. The molecular formula is C55H37NO. The van der Waals surface area contributed by atoms with Crippen LogP contribution in [-0.2, 0) is 5.41 Å². The molecule has 0 N–H and O–H groups in total. The number of hydrogen-bond donors (Lipinski definition) is 0. The zero-order chi connectivity index (χ0) is 37.8. The van der Waals surface area contributed by atoms with Gasteiger partial charge in [0, 0.05) is 16.8 Å². The quantitative estimate of drug-likeness (QED) is 0.163. The summed E-state index contributed by atoms with van der Waals surface area (Å²) in [5.41, 5.74) is 16.7. The van der Waals surface area contributed by atoms with Crippen molar-refractivity contribution in [3.63, 3.8) is 0 Å². The molecule has 0 bridgehead atoms. The van der Waals surface area contributed by atoms with Gasteiger partial charge in [0.05, 0.1) is 16.5 Å². The van der Waals surface area contributed by atoms with E-state index in [1.807, 2.05) is 0 Å². The molecule has 1 aromatic heterocycles. The maximum absolute atomic E-state index is 6.92. The Morgan fingerprint density at radius 3 is 1.60 bits per heavy atom. The first-order valence-electron chi connectivity index (χ1n) is 19.6. The van der Waals surface area contributed by atoms with Gasteiger partial charge in [-0.1, -0.05) is 182 Å². The number of fused-ring (bicyclic) bond motifs is 6. The predicted octanol–water partition coefficient (Wildman–Crippen LogP) is 14.8. The monoisotopic (exact) mass is 727 g/mol. The molecule has 1 aliphatic carbocycles. The lowest BCUT2D eigenvalue weighted by atomic mass is 9.67. The fourth-order valence-electron chi connectivity index (χ4n) is 9.25. The maximum Gasteiger partial charge on any atom is 0.137 e. The molecule has 0 atom stereocenters. The summed E-state index contributed by atoms with van der Waals surface area (Å²) in [5.74, 6) is 0. The second-order valence-corrected chi connectivity index (χ2v) is 14.8. The van der Waals surface area contributed by atoms with Crippen LogP contribution in [0.3, 0.4) is 0 Å². The maximum atomic E-state index is 6.92. The van der Waals surface area contributed by atoms with Crippen LogP contribution in [0.1, 0.15) is 22.3 Å². The second kappa shape index (κ2) is 13.4. The Labute approximate surface area is 332 Å². The Bertz CT molecular complexity index is 3010. The molecule has 0 fully saturated rings. The van der Waals surface area contributed by atoms with Crippen molar-refractivity contribution < 1.29 is 4.42 Å². The molecule has 268 valence electrons. The van der Waals surface area contributed by atoms with Crippen molar-refractivity contribution in [1.29, 1.82) is 0 Å². The molecule has 0 amide bonds. The second-order valence-electron chi connectivity index (χ2n) is 14.8. The van der Waals surface area contributed by atoms with E-state index in [9.17, 15) is 0 Å². The van der Waals surface area contributed by atoms with E-state index in [-0.39, 0.29) is 0 Å². The van der Waals surface area contributed by atoms with Gasteiger partial charge in [-0.25, -0.2) is 0 Å². The van der Waals surface area contributed by atoms with E-state index in [1.54, 1.807) is 0 Å². The third-order valence-electron chi connectivity index (χ3n) is 11.8. The number of hydrogen-bond acceptors (Lipinski definition) is 2. The van der Waals surface area contributed by atoms with Crippen molar-refractivity contribution in [1.82, 2.24) is 0 Å². The highest BCUT2D eigenvalue weighted by Gasteiger charge is 2.46. The summed E-state index contributed by atoms with van der Waals surface area (Å²) in [7, 11) is 0. The minimum absolute atomic E-state index is 0.505. The van der Waals surface area contributed by atoms with Crippen LogP contribution in [0.15, 0.2) is 229 Å². The van der Waals surface area contributed by atoms with Gasteiger partial charge in [-0.3, -0.25) is 0 Å². The third-order valence-corrected chi connectivity index (χ3v) is 11.8. The zero-order valence-electron chi connectivity index (χ0n) is 31.2. The van der Waals surface area contributed by atoms with Crippen LogP contribution < -0.4 is 4.90 Å². The average Bonchev–Trinajstić information content (AvgIpc) is 3.82. The van der Waals surface area contributed by atoms with E-state index in [0.717, 1.165) is 44.6 Å². The van der Waals surface area contributed by atoms with E-state index < -0.39 is 5.41 Å². The average molecular weight is 728 g/mol. The molecule has 0 radical (unpaired) electrons. The van der Waals surface area contributed by atoms with E-state index in [1.165, 1.54) is 50.1 Å². The summed E-state index contributed by atoms with van der Waals surface area (Å²) < 4.78 is 6.92. The van der Waals surface area contributed by atoms with Crippen LogP contribution in [-0.4, -0.2) is 0 Å². The van der Waals surface area contributed by atoms with Crippen LogP contribution in [0.5, 0.6) is 0 Å². The number of rotatable bonds is 7. The van der Waals surface area contributed by atoms with Crippen molar-refractivity contribution in [2.75, 3.05) is 4.90 Å². The Balaban J connectivity index is 1.12. The summed E-state index contributed by atoms with van der Waals surface area (Å²) in [6.45, 7) is 0. The molecule has 0 unspecified atom stereocenters. The van der Waals surface area contributed by atoms with Gasteiger partial charge in [-0.15, -0.1) is 0 Å². The highest BCUT2D eigenvalue weighted by Crippen LogP contribution is 2.56. The minimum atomic E-state index is -0.505. The Morgan fingerprint density at radius 2 is 0.912 bits per heavy atom. The van der Waals surface area contributed by atoms with Crippen molar-refractivity contribution in [3.8, 4) is 33.4 Å². The van der Waals surface area contributed by atoms with Gasteiger partial charge >= 0.3 is 0 Å². The van der Waals surface area contributed by atoms with Gasteiger partial charge in [0.2, 0.25) is 0 Å². The zero-order valence-corrected chi connectivity index (χ0v) is 31.2. The smallest absolute Gasteiger partial charge is 0.137 e. The first-order chi connectivity index (χ1) is 28.3. The van der Waals surface area contributed by atoms with Crippen molar-refractivity contribution in [2.45, 2.75) is 5.41 Å². The lowest BCUT2D eigenvalue weighted by Crippen LogP contribution is -2.28. The van der Waals surface area contributed by atoms with Gasteiger partial charge in [-0.05, 0) is 98.1 Å². The molecule has 9 aromatic carbocycles. The highest BCUT2D eigenvalue weighted by molar-refractivity contribution is 6.13. The molecule has 2 heteroatoms. The predicted molar refractivity (Wildman–Crippen MR) is 237 cm³/mol. The Hall–Kier alpha value is -7.42. The molecule has 57 heavy (non-hydrogen) atoms. The molecule has 0 aliphatic heterocycles. The normalized spacial score (nSPS) is 12.7. The summed E-state index contributed by atoms with van der Waals surface area (Å²) in [5, 5.41) is 2.16. The van der Waals surface area contributed by atoms with Gasteiger partial charge in [0.25, 0.3) is 0 Å². The summed E-state index contributed by atoms with van der Waals surface area (Å²) in [6, 6.07) is 80.9. The van der Waals surface area contributed by atoms with Gasteiger partial charge in [0.15, 0.2) is 0 Å². The van der Waals surface area contributed by atoms with Gasteiger partial charge in [-0.2, -0.15) is 0 Å². The fraction of sp³-hybridized carbons (Fsp3) is 0.0182. The first kappa shape index (κ1) is 33.0. The van der Waals surface area contributed by atoms with Crippen LogP contribution >= 0.6 is 0 Å². The van der Waals surface area contributed by atoms with E-state index >= 15 is 0 Å². The molecule has 1 heterocycles. The number of anilines is 3. The topological polar surface area (TPSA) is 16.4 Å². The molecular weight excluding hydrogens is 691 g/mol. The standard InChI is InChI=1S/C55H37NO/c1-4-16-38(17-5-1)40-30-33-44(34-31-40)56(45-23-14-20-41(36-45)39-18-6-2-7-19-39)51-28-15-29-52-54(51)48-35-32-43(37-53(48)57-52)55(42-21-8-3-9-22-42)49-26-12-10-24-46(49)47-25-11-13-27-50(47)55/h1-37H. The van der Waals surface area contributed by atoms with Crippen molar-refractivity contribution in [2.24, 2.45) is 0 Å². The van der Waals surface area contributed by atoms with E-state index in [4.69, 9.17) is 4.42 Å². The fourth-order valence-corrected chi connectivity index (χ4v) is 9.25. The SMILES string of the molecule is c1ccc(-c2ccc(N(c3cccc(-c4ccccc4)c3)c3cccc4oc5cc(C6(c7ccccc7)c7ccccc7-c7ccccc76)ccc5c34)cc2)cc1. The van der Waals surface area contributed by atoms with Crippen LogP contribution in [0.25, 0.3) is 55.3 Å². The molecule has 0 saturated carbocycles. The third kappa shape index (κ3) is 5.26. The molecule has 0 saturated heterocycles.